The number of hydrogen-bond donors (Lipinski definition) is 0. The number of halogens is 2. The van der Waals surface area contributed by atoms with E-state index in [2.05, 4.69) is 0 Å². The van der Waals surface area contributed by atoms with Crippen LogP contribution < -0.4 is 0 Å². The van der Waals surface area contributed by atoms with Crippen LogP contribution >= 0.6 is 0 Å². The first-order valence-electron chi connectivity index (χ1n) is 5.92. The van der Waals surface area contributed by atoms with E-state index >= 15 is 0 Å². The van der Waals surface area contributed by atoms with E-state index in [9.17, 15) is 18.4 Å². The van der Waals surface area contributed by atoms with Crippen molar-refractivity contribution in [3.8, 4) is 0 Å². The molecule has 6 heteroatoms. The maximum absolute atomic E-state index is 13.4. The molecule has 1 aliphatic rings. The summed E-state index contributed by atoms with van der Waals surface area (Å²) >= 11 is 0. The highest BCUT2D eigenvalue weighted by atomic mass is 19.1. The zero-order valence-corrected chi connectivity index (χ0v) is 10.5. The van der Waals surface area contributed by atoms with Gasteiger partial charge in [0.05, 0.1) is 18.7 Å². The third-order valence-corrected chi connectivity index (χ3v) is 3.15. The van der Waals surface area contributed by atoms with Gasteiger partial charge in [0.15, 0.2) is 5.78 Å². The normalized spacial score (nSPS) is 16.8. The second-order valence-electron chi connectivity index (χ2n) is 4.55. The Bertz CT molecular complexity index is 499. The van der Waals surface area contributed by atoms with Gasteiger partial charge in [0.2, 0.25) is 5.91 Å². The topological polar surface area (TPSA) is 40.6 Å². The first-order valence-corrected chi connectivity index (χ1v) is 5.92. The first kappa shape index (κ1) is 13.6. The molecule has 0 N–H and O–H groups in total. The largest absolute Gasteiger partial charge is 0.343 e. The monoisotopic (exact) mass is 268 g/mol. The van der Waals surface area contributed by atoms with Crippen LogP contribution in [0.15, 0.2) is 18.2 Å². The summed E-state index contributed by atoms with van der Waals surface area (Å²) in [6, 6.07) is 3.30. The van der Waals surface area contributed by atoms with E-state index < -0.39 is 23.0 Å². The molecule has 0 aliphatic carbocycles. The fraction of sp³-hybridized carbons (Fsp3) is 0.385. The molecule has 0 bridgehead atoms. The number of carbonyl (C=O) groups is 2. The molecule has 0 aromatic heterocycles. The van der Waals surface area contributed by atoms with Crippen LogP contribution in [0.5, 0.6) is 0 Å². The average molecular weight is 268 g/mol. The van der Waals surface area contributed by atoms with Gasteiger partial charge < -0.3 is 4.90 Å². The lowest BCUT2D eigenvalue weighted by atomic mass is 10.1. The Labute approximate surface area is 109 Å². The maximum atomic E-state index is 13.4. The Morgan fingerprint density at radius 3 is 2.47 bits per heavy atom. The third-order valence-electron chi connectivity index (χ3n) is 3.15. The molecule has 19 heavy (non-hydrogen) atoms. The number of Topliss-reactive ketones (excluding diaryl/α,β-unsaturated/α-hetero) is 1. The van der Waals surface area contributed by atoms with Crippen molar-refractivity contribution in [2.24, 2.45) is 0 Å². The summed E-state index contributed by atoms with van der Waals surface area (Å²) in [4.78, 5) is 26.5. The van der Waals surface area contributed by atoms with Crippen molar-refractivity contribution in [2.75, 3.05) is 33.2 Å². The highest BCUT2D eigenvalue weighted by Crippen LogP contribution is 2.14. The number of nitrogens with zero attached hydrogens (tertiary/aromatic N) is 2. The van der Waals surface area contributed by atoms with Crippen molar-refractivity contribution >= 4 is 11.7 Å². The molecule has 1 heterocycles. The van der Waals surface area contributed by atoms with Gasteiger partial charge in [-0.2, -0.15) is 0 Å². The van der Waals surface area contributed by atoms with Crippen LogP contribution in [0.2, 0.25) is 0 Å². The third kappa shape index (κ3) is 2.96. The van der Waals surface area contributed by atoms with Crippen LogP contribution in [-0.4, -0.2) is 54.7 Å². The maximum Gasteiger partial charge on any atom is 0.236 e. The van der Waals surface area contributed by atoms with Crippen LogP contribution in [0.25, 0.3) is 0 Å². The summed E-state index contributed by atoms with van der Waals surface area (Å²) in [6.45, 7) is 0.964. The second kappa shape index (κ2) is 5.44. The quantitative estimate of drug-likeness (QED) is 0.765. The molecule has 1 amide bonds. The first-order chi connectivity index (χ1) is 8.99. The summed E-state index contributed by atoms with van der Waals surface area (Å²) < 4.78 is 26.9. The number of rotatable bonds is 3. The minimum absolute atomic E-state index is 0.0955. The van der Waals surface area contributed by atoms with E-state index in [-0.39, 0.29) is 19.0 Å². The highest BCUT2D eigenvalue weighted by molar-refractivity contribution is 5.98. The smallest absolute Gasteiger partial charge is 0.236 e. The number of likely N-dealkylation sites (N-methyl/N-ethyl adjacent to an activating group) is 1. The molecule has 1 saturated heterocycles. The average Bonchev–Trinajstić information content (AvgIpc) is 2.33. The van der Waals surface area contributed by atoms with Gasteiger partial charge >= 0.3 is 0 Å². The molecule has 0 radical (unpaired) electrons. The van der Waals surface area contributed by atoms with E-state index in [1.807, 2.05) is 0 Å². The van der Waals surface area contributed by atoms with Crippen LogP contribution in [0.1, 0.15) is 10.4 Å². The fourth-order valence-corrected chi connectivity index (χ4v) is 1.99. The van der Waals surface area contributed by atoms with E-state index in [0.29, 0.717) is 13.1 Å². The molecule has 0 saturated carbocycles. The zero-order chi connectivity index (χ0) is 14.0. The van der Waals surface area contributed by atoms with Crippen molar-refractivity contribution in [2.45, 2.75) is 0 Å². The van der Waals surface area contributed by atoms with Gasteiger partial charge in [-0.1, -0.05) is 6.07 Å². The van der Waals surface area contributed by atoms with Crippen molar-refractivity contribution < 1.29 is 18.4 Å². The number of piperazine rings is 1. The van der Waals surface area contributed by atoms with E-state index in [1.54, 1.807) is 16.8 Å². The van der Waals surface area contributed by atoms with Gasteiger partial charge in [-0.25, -0.2) is 8.78 Å². The van der Waals surface area contributed by atoms with Gasteiger partial charge in [-0.05, 0) is 12.1 Å². The summed E-state index contributed by atoms with van der Waals surface area (Å²) in [7, 11) is 1.68. The SMILES string of the molecule is CN1CCN(CC(=O)c2c(F)cccc2F)CC1=O. The summed E-state index contributed by atoms with van der Waals surface area (Å²) in [5, 5.41) is 0. The van der Waals surface area contributed by atoms with Crippen molar-refractivity contribution in [1.82, 2.24) is 9.80 Å². The predicted molar refractivity (Wildman–Crippen MR) is 64.8 cm³/mol. The minimum Gasteiger partial charge on any atom is -0.343 e. The Kier molecular flexibility index (Phi) is 3.90. The number of amides is 1. The molecular formula is C13H14F2N2O2. The van der Waals surface area contributed by atoms with E-state index in [4.69, 9.17) is 0 Å². The van der Waals surface area contributed by atoms with Gasteiger partial charge in [-0.15, -0.1) is 0 Å². The predicted octanol–water partition coefficient (Wildman–Crippen LogP) is 0.921. The lowest BCUT2D eigenvalue weighted by Gasteiger charge is -2.31. The molecule has 0 unspecified atom stereocenters. The van der Waals surface area contributed by atoms with Gasteiger partial charge in [0.1, 0.15) is 11.6 Å². The molecule has 0 atom stereocenters. The van der Waals surface area contributed by atoms with Gasteiger partial charge in [-0.3, -0.25) is 14.5 Å². The zero-order valence-electron chi connectivity index (χ0n) is 10.5. The number of benzene rings is 1. The van der Waals surface area contributed by atoms with Crippen LogP contribution in [-0.2, 0) is 4.79 Å². The molecule has 1 aromatic carbocycles. The highest BCUT2D eigenvalue weighted by Gasteiger charge is 2.25. The Balaban J connectivity index is 2.08. The fourth-order valence-electron chi connectivity index (χ4n) is 1.99. The Morgan fingerprint density at radius 1 is 1.26 bits per heavy atom. The minimum atomic E-state index is -0.870. The van der Waals surface area contributed by atoms with Crippen LogP contribution in [0.4, 0.5) is 8.78 Å². The van der Waals surface area contributed by atoms with Gasteiger partial charge in [0, 0.05) is 20.1 Å². The van der Waals surface area contributed by atoms with Crippen molar-refractivity contribution in [3.05, 3.63) is 35.4 Å². The number of hydrogen-bond acceptors (Lipinski definition) is 3. The standard InChI is InChI=1S/C13H14F2N2O2/c1-16-5-6-17(8-12(16)19)7-11(18)13-9(14)3-2-4-10(13)15/h2-4H,5-8H2,1H3. The Morgan fingerprint density at radius 2 is 1.89 bits per heavy atom. The van der Waals surface area contributed by atoms with E-state index in [0.717, 1.165) is 12.1 Å². The summed E-state index contributed by atoms with van der Waals surface area (Å²) in [5.41, 5.74) is -0.533. The molecule has 1 aromatic rings. The molecule has 4 nitrogen and oxygen atoms in total. The number of ketones is 1. The van der Waals surface area contributed by atoms with Crippen molar-refractivity contribution in [3.63, 3.8) is 0 Å². The molecular weight excluding hydrogens is 254 g/mol. The van der Waals surface area contributed by atoms with Crippen LogP contribution in [0, 0.1) is 11.6 Å². The summed E-state index contributed by atoms with van der Waals surface area (Å²) in [6.07, 6.45) is 0. The summed E-state index contributed by atoms with van der Waals surface area (Å²) in [5.74, 6) is -2.49. The van der Waals surface area contributed by atoms with Crippen LogP contribution in [0.3, 0.4) is 0 Å². The lowest BCUT2D eigenvalue weighted by molar-refractivity contribution is -0.134. The number of carbonyl (C=O) groups excluding carboxylic acids is 2. The molecule has 102 valence electrons. The molecule has 0 spiro atoms. The lowest BCUT2D eigenvalue weighted by Crippen LogP contribution is -2.49. The Hall–Kier alpha value is -1.82. The van der Waals surface area contributed by atoms with E-state index in [1.165, 1.54) is 6.07 Å². The molecule has 1 fully saturated rings. The molecule has 2 rings (SSSR count). The second-order valence-corrected chi connectivity index (χ2v) is 4.55. The van der Waals surface area contributed by atoms with Crippen molar-refractivity contribution in [1.29, 1.82) is 0 Å². The molecule has 1 aliphatic heterocycles. The van der Waals surface area contributed by atoms with Gasteiger partial charge in [0.25, 0.3) is 0 Å².